The number of non-ortho nitro benzene ring substituents is 1. The van der Waals surface area contributed by atoms with Crippen molar-refractivity contribution in [2.24, 2.45) is 0 Å². The highest BCUT2D eigenvalue weighted by Gasteiger charge is 2.33. The zero-order chi connectivity index (χ0) is 18.8. The first-order valence-electron chi connectivity index (χ1n) is 7.30. The first kappa shape index (κ1) is 17.9. The van der Waals surface area contributed by atoms with Gasteiger partial charge in [-0.3, -0.25) is 19.8 Å². The van der Waals surface area contributed by atoms with Gasteiger partial charge in [0.1, 0.15) is 11.5 Å². The van der Waals surface area contributed by atoms with Gasteiger partial charge in [0, 0.05) is 17.7 Å². The molecule has 0 aliphatic carbocycles. The Morgan fingerprint density at radius 3 is 2.58 bits per heavy atom. The number of rotatable bonds is 4. The predicted molar refractivity (Wildman–Crippen MR) is 103 cm³/mol. The summed E-state index contributed by atoms with van der Waals surface area (Å²) < 4.78 is 5.42. The average molecular weight is 388 g/mol. The first-order chi connectivity index (χ1) is 12.4. The molecule has 1 fully saturated rings. The number of nitro benzene ring substituents is 1. The van der Waals surface area contributed by atoms with Gasteiger partial charge in [-0.05, 0) is 36.4 Å². The molecule has 3 rings (SSSR count). The number of hydrogen-bond donors (Lipinski definition) is 1. The summed E-state index contributed by atoms with van der Waals surface area (Å²) in [5.41, 5.74) is 0.793. The maximum absolute atomic E-state index is 12.7. The third-order valence-electron chi connectivity index (χ3n) is 3.63. The van der Waals surface area contributed by atoms with Gasteiger partial charge >= 0.3 is 0 Å². The van der Waals surface area contributed by atoms with E-state index in [1.165, 1.54) is 48.4 Å². The molecule has 132 valence electrons. The van der Waals surface area contributed by atoms with Crippen molar-refractivity contribution in [1.29, 1.82) is 0 Å². The van der Waals surface area contributed by atoms with Gasteiger partial charge in [0.25, 0.3) is 11.6 Å². The topological polar surface area (TPSA) is 92.9 Å². The van der Waals surface area contributed by atoms with Crippen molar-refractivity contribution in [2.75, 3.05) is 12.0 Å². The van der Waals surface area contributed by atoms with E-state index in [2.05, 4.69) is 0 Å². The van der Waals surface area contributed by atoms with Crippen LogP contribution in [0.2, 0.25) is 0 Å². The summed E-state index contributed by atoms with van der Waals surface area (Å²) in [6.07, 6.45) is 1.53. The maximum atomic E-state index is 12.7. The van der Waals surface area contributed by atoms with Gasteiger partial charge in [0.2, 0.25) is 0 Å². The number of phenolic OH excluding ortho intramolecular Hbond substituents is 1. The highest BCUT2D eigenvalue weighted by atomic mass is 32.2. The van der Waals surface area contributed by atoms with E-state index in [-0.39, 0.29) is 17.3 Å². The lowest BCUT2D eigenvalue weighted by molar-refractivity contribution is -0.384. The molecule has 0 atom stereocenters. The number of benzene rings is 2. The molecule has 1 heterocycles. The molecule has 0 radical (unpaired) electrons. The zero-order valence-electron chi connectivity index (χ0n) is 13.4. The van der Waals surface area contributed by atoms with E-state index in [1.54, 1.807) is 12.1 Å². The maximum Gasteiger partial charge on any atom is 0.270 e. The molecule has 7 nitrogen and oxygen atoms in total. The second kappa shape index (κ2) is 7.14. The van der Waals surface area contributed by atoms with Gasteiger partial charge in [-0.25, -0.2) is 0 Å². The van der Waals surface area contributed by atoms with Crippen LogP contribution in [0.4, 0.5) is 11.4 Å². The Morgan fingerprint density at radius 2 is 1.96 bits per heavy atom. The fraction of sp³-hybridized carbons (Fsp3) is 0.0588. The van der Waals surface area contributed by atoms with Crippen LogP contribution in [0.3, 0.4) is 0 Å². The molecule has 0 unspecified atom stereocenters. The third-order valence-corrected chi connectivity index (χ3v) is 4.94. The first-order valence-corrected chi connectivity index (χ1v) is 8.52. The number of aromatic hydroxyl groups is 1. The van der Waals surface area contributed by atoms with Gasteiger partial charge in [-0.2, -0.15) is 0 Å². The van der Waals surface area contributed by atoms with E-state index in [1.807, 2.05) is 0 Å². The Kier molecular flexibility index (Phi) is 4.92. The number of nitrogens with zero attached hydrogens (tertiary/aromatic N) is 2. The number of carbonyl (C=O) groups is 1. The van der Waals surface area contributed by atoms with Gasteiger partial charge < -0.3 is 9.84 Å². The summed E-state index contributed by atoms with van der Waals surface area (Å²) in [5.74, 6) is 0.183. The number of ether oxygens (including phenoxy) is 1. The van der Waals surface area contributed by atoms with E-state index in [9.17, 15) is 20.0 Å². The van der Waals surface area contributed by atoms with Crippen LogP contribution >= 0.6 is 24.0 Å². The molecule has 0 bridgehead atoms. The molecule has 1 saturated heterocycles. The summed E-state index contributed by atoms with van der Waals surface area (Å²) >= 11 is 6.35. The van der Waals surface area contributed by atoms with Crippen molar-refractivity contribution >= 4 is 51.7 Å². The molecular formula is C17H12N2O5S2. The number of amides is 1. The lowest BCUT2D eigenvalue weighted by Crippen LogP contribution is -2.27. The van der Waals surface area contributed by atoms with Crippen molar-refractivity contribution in [3.63, 3.8) is 0 Å². The van der Waals surface area contributed by atoms with Crippen LogP contribution in [0.1, 0.15) is 5.56 Å². The largest absolute Gasteiger partial charge is 0.507 e. The van der Waals surface area contributed by atoms with E-state index < -0.39 is 4.92 Å². The van der Waals surface area contributed by atoms with E-state index in [0.717, 1.165) is 11.8 Å². The van der Waals surface area contributed by atoms with E-state index in [4.69, 9.17) is 17.0 Å². The molecule has 0 spiro atoms. The SMILES string of the molecule is COc1ccc(O)c(/C=C2\SC(=S)N(c3ccc([N+](=O)[O-])cc3)C2=O)c1. The second-order valence-electron chi connectivity index (χ2n) is 5.22. The second-order valence-corrected chi connectivity index (χ2v) is 6.89. The summed E-state index contributed by atoms with van der Waals surface area (Å²) in [6, 6.07) is 10.2. The quantitative estimate of drug-likeness (QED) is 0.369. The molecule has 0 saturated carbocycles. The fourth-order valence-electron chi connectivity index (χ4n) is 2.33. The minimum absolute atomic E-state index is 0.00593. The Hall–Kier alpha value is -2.91. The predicted octanol–water partition coefficient (Wildman–Crippen LogP) is 3.71. The monoisotopic (exact) mass is 388 g/mol. The number of nitro groups is 1. The van der Waals surface area contributed by atoms with Crippen LogP contribution in [0.15, 0.2) is 47.4 Å². The molecule has 1 N–H and O–H groups in total. The Labute approximate surface area is 158 Å². The number of anilines is 1. The summed E-state index contributed by atoms with van der Waals surface area (Å²) in [6.45, 7) is 0. The van der Waals surface area contributed by atoms with Crippen LogP contribution in [0.25, 0.3) is 6.08 Å². The van der Waals surface area contributed by atoms with Crippen LogP contribution < -0.4 is 9.64 Å². The lowest BCUT2D eigenvalue weighted by Gasteiger charge is -2.14. The van der Waals surface area contributed by atoms with Crippen molar-refractivity contribution in [3.05, 3.63) is 63.0 Å². The number of phenols is 1. The Bertz CT molecular complexity index is 941. The van der Waals surface area contributed by atoms with Crippen LogP contribution in [-0.4, -0.2) is 27.4 Å². The zero-order valence-corrected chi connectivity index (χ0v) is 15.0. The third kappa shape index (κ3) is 3.39. The van der Waals surface area contributed by atoms with Gasteiger partial charge in [0.05, 0.1) is 22.6 Å². The number of carbonyl (C=O) groups excluding carboxylic acids is 1. The van der Waals surface area contributed by atoms with Gasteiger partial charge in [-0.15, -0.1) is 0 Å². The van der Waals surface area contributed by atoms with Crippen LogP contribution in [-0.2, 0) is 4.79 Å². The molecule has 2 aromatic carbocycles. The molecule has 9 heteroatoms. The molecule has 2 aromatic rings. The number of methoxy groups -OCH3 is 1. The normalized spacial score (nSPS) is 15.6. The van der Waals surface area contributed by atoms with Gasteiger partial charge in [0.15, 0.2) is 4.32 Å². The van der Waals surface area contributed by atoms with Crippen LogP contribution in [0.5, 0.6) is 11.5 Å². The molecule has 1 amide bonds. The summed E-state index contributed by atoms with van der Waals surface area (Å²) in [7, 11) is 1.50. The Balaban J connectivity index is 1.93. The fourth-order valence-corrected chi connectivity index (χ4v) is 3.62. The standard InChI is InChI=1S/C17H12N2O5S2/c1-24-13-6-7-14(20)10(8-13)9-15-16(21)18(17(25)26-15)11-2-4-12(5-3-11)19(22)23/h2-9,20H,1H3/b15-9-. The summed E-state index contributed by atoms with van der Waals surface area (Å²) in [5, 5.41) is 20.7. The molecule has 26 heavy (non-hydrogen) atoms. The molecule has 1 aliphatic rings. The molecule has 0 aromatic heterocycles. The van der Waals surface area contributed by atoms with E-state index >= 15 is 0 Å². The van der Waals surface area contributed by atoms with E-state index in [0.29, 0.717) is 26.2 Å². The number of thiocarbonyl (C=S) groups is 1. The highest BCUT2D eigenvalue weighted by Crippen LogP contribution is 2.37. The van der Waals surface area contributed by atoms with Gasteiger partial charge in [-0.1, -0.05) is 24.0 Å². The van der Waals surface area contributed by atoms with Crippen molar-refractivity contribution < 1.29 is 19.6 Å². The lowest BCUT2D eigenvalue weighted by atomic mass is 10.1. The highest BCUT2D eigenvalue weighted by molar-refractivity contribution is 8.27. The molecule has 1 aliphatic heterocycles. The summed E-state index contributed by atoms with van der Waals surface area (Å²) in [4.78, 5) is 24.6. The van der Waals surface area contributed by atoms with Crippen LogP contribution in [0, 0.1) is 10.1 Å². The minimum atomic E-state index is -0.514. The van der Waals surface area contributed by atoms with Crippen molar-refractivity contribution in [2.45, 2.75) is 0 Å². The van der Waals surface area contributed by atoms with Crippen molar-refractivity contribution in [1.82, 2.24) is 0 Å². The smallest absolute Gasteiger partial charge is 0.270 e. The average Bonchev–Trinajstić information content (AvgIpc) is 2.90. The van der Waals surface area contributed by atoms with Crippen molar-refractivity contribution in [3.8, 4) is 11.5 Å². The minimum Gasteiger partial charge on any atom is -0.507 e. The Morgan fingerprint density at radius 1 is 1.27 bits per heavy atom. The number of hydrogen-bond acceptors (Lipinski definition) is 7. The molecular weight excluding hydrogens is 376 g/mol. The number of thioether (sulfide) groups is 1.